The van der Waals surface area contributed by atoms with Gasteiger partial charge in [-0.1, -0.05) is 12.0 Å². The lowest BCUT2D eigenvalue weighted by Gasteiger charge is -2.03. The predicted octanol–water partition coefficient (Wildman–Crippen LogP) is 0.160. The molecule has 0 bridgehead atoms. The quantitative estimate of drug-likeness (QED) is 0.684. The number of hydrogen-bond acceptors (Lipinski definition) is 6. The standard InChI is InChI=1S/C7H13ClN4O3S/c1-2-10-16(13,14)4-3-9-7-12-11-6(5-8)15-7/h10H,2-5H2,1H3,(H,9,12). The van der Waals surface area contributed by atoms with Crippen molar-refractivity contribution < 1.29 is 12.8 Å². The zero-order valence-electron chi connectivity index (χ0n) is 8.73. The molecule has 0 radical (unpaired) electrons. The van der Waals surface area contributed by atoms with Crippen LogP contribution in [0.1, 0.15) is 12.8 Å². The van der Waals surface area contributed by atoms with Crippen molar-refractivity contribution >= 4 is 27.6 Å². The second-order valence-corrected chi connectivity index (χ2v) is 5.07. The van der Waals surface area contributed by atoms with Gasteiger partial charge in [-0.2, -0.15) is 0 Å². The number of halogens is 1. The highest BCUT2D eigenvalue weighted by Crippen LogP contribution is 2.06. The maximum Gasteiger partial charge on any atom is 0.315 e. The first-order valence-corrected chi connectivity index (χ1v) is 6.85. The molecule has 1 rings (SSSR count). The Hall–Kier alpha value is -0.860. The van der Waals surface area contributed by atoms with Crippen molar-refractivity contribution in [1.82, 2.24) is 14.9 Å². The smallest absolute Gasteiger partial charge is 0.315 e. The maximum atomic E-state index is 11.2. The number of aromatic nitrogens is 2. The first kappa shape index (κ1) is 13.2. The second kappa shape index (κ2) is 6.02. The Morgan fingerprint density at radius 2 is 2.19 bits per heavy atom. The fraction of sp³-hybridized carbons (Fsp3) is 0.714. The third-order valence-corrected chi connectivity index (χ3v) is 3.29. The molecule has 2 N–H and O–H groups in total. The van der Waals surface area contributed by atoms with E-state index in [1.165, 1.54) is 0 Å². The minimum Gasteiger partial charge on any atom is -0.407 e. The van der Waals surface area contributed by atoms with Crippen LogP contribution < -0.4 is 10.0 Å². The van der Waals surface area contributed by atoms with Crippen LogP contribution >= 0.6 is 11.6 Å². The summed E-state index contributed by atoms with van der Waals surface area (Å²) in [5.74, 6) is 0.364. The van der Waals surface area contributed by atoms with Crippen LogP contribution in [0.4, 0.5) is 6.01 Å². The van der Waals surface area contributed by atoms with Crippen LogP contribution in [-0.4, -0.2) is 37.5 Å². The summed E-state index contributed by atoms with van der Waals surface area (Å²) in [6.07, 6.45) is 0. The van der Waals surface area contributed by atoms with E-state index in [0.717, 1.165) is 0 Å². The van der Waals surface area contributed by atoms with Gasteiger partial charge in [-0.3, -0.25) is 0 Å². The molecular formula is C7H13ClN4O3S. The molecule has 0 aliphatic rings. The van der Waals surface area contributed by atoms with Gasteiger partial charge in [0.2, 0.25) is 15.9 Å². The molecule has 0 amide bonds. The number of anilines is 1. The average Bonchev–Trinajstić information content (AvgIpc) is 2.65. The van der Waals surface area contributed by atoms with E-state index in [1.54, 1.807) is 6.92 Å². The zero-order valence-corrected chi connectivity index (χ0v) is 10.3. The topological polar surface area (TPSA) is 97.1 Å². The number of nitrogens with zero attached hydrogens (tertiary/aromatic N) is 2. The van der Waals surface area contributed by atoms with Gasteiger partial charge in [-0.25, -0.2) is 13.1 Å². The summed E-state index contributed by atoms with van der Waals surface area (Å²) in [6.45, 7) is 2.29. The summed E-state index contributed by atoms with van der Waals surface area (Å²) >= 11 is 5.46. The third kappa shape index (κ3) is 4.33. The molecule has 0 aromatic carbocycles. The van der Waals surface area contributed by atoms with Crippen molar-refractivity contribution in [3.05, 3.63) is 5.89 Å². The Balaban J connectivity index is 2.35. The molecule has 0 aliphatic heterocycles. The fourth-order valence-electron chi connectivity index (χ4n) is 0.963. The van der Waals surface area contributed by atoms with Crippen LogP contribution in [0.5, 0.6) is 0 Å². The number of sulfonamides is 1. The zero-order chi connectivity index (χ0) is 12.0. The largest absolute Gasteiger partial charge is 0.407 e. The van der Waals surface area contributed by atoms with Crippen molar-refractivity contribution in [3.8, 4) is 0 Å². The summed E-state index contributed by atoms with van der Waals surface area (Å²) in [7, 11) is -3.23. The van der Waals surface area contributed by atoms with Gasteiger partial charge in [0.15, 0.2) is 0 Å². The van der Waals surface area contributed by atoms with Gasteiger partial charge >= 0.3 is 6.01 Å². The van der Waals surface area contributed by atoms with Crippen molar-refractivity contribution in [2.45, 2.75) is 12.8 Å². The van der Waals surface area contributed by atoms with Gasteiger partial charge in [0.25, 0.3) is 0 Å². The van der Waals surface area contributed by atoms with E-state index in [9.17, 15) is 8.42 Å². The molecule has 9 heteroatoms. The lowest BCUT2D eigenvalue weighted by Crippen LogP contribution is -2.29. The van der Waals surface area contributed by atoms with Gasteiger partial charge in [-0.05, 0) is 0 Å². The minimum atomic E-state index is -3.23. The van der Waals surface area contributed by atoms with Crippen LogP contribution in [0.3, 0.4) is 0 Å². The lowest BCUT2D eigenvalue weighted by molar-refractivity contribution is 0.526. The average molecular weight is 269 g/mol. The summed E-state index contributed by atoms with van der Waals surface area (Å²) < 4.78 is 29.9. The molecule has 1 aromatic rings. The number of alkyl halides is 1. The van der Waals surface area contributed by atoms with Gasteiger partial charge in [0, 0.05) is 13.1 Å². The van der Waals surface area contributed by atoms with E-state index in [1.807, 2.05) is 0 Å². The molecule has 0 saturated heterocycles. The van der Waals surface area contributed by atoms with Crippen molar-refractivity contribution in [2.24, 2.45) is 0 Å². The van der Waals surface area contributed by atoms with E-state index in [0.29, 0.717) is 12.4 Å². The maximum absolute atomic E-state index is 11.2. The summed E-state index contributed by atoms with van der Waals surface area (Å²) in [4.78, 5) is 0. The second-order valence-electron chi connectivity index (χ2n) is 2.88. The molecule has 16 heavy (non-hydrogen) atoms. The highest BCUT2D eigenvalue weighted by Gasteiger charge is 2.09. The molecule has 0 aliphatic carbocycles. The molecule has 0 fully saturated rings. The van der Waals surface area contributed by atoms with Gasteiger partial charge in [-0.15, -0.1) is 16.7 Å². The minimum absolute atomic E-state index is 0.0561. The van der Waals surface area contributed by atoms with Gasteiger partial charge in [0.1, 0.15) is 5.88 Å². The molecule has 1 heterocycles. The number of rotatable bonds is 7. The van der Waals surface area contributed by atoms with E-state index < -0.39 is 10.0 Å². The molecule has 0 spiro atoms. The Morgan fingerprint density at radius 3 is 2.75 bits per heavy atom. The molecular weight excluding hydrogens is 256 g/mol. The van der Waals surface area contributed by atoms with Gasteiger partial charge < -0.3 is 9.73 Å². The van der Waals surface area contributed by atoms with Gasteiger partial charge in [0.05, 0.1) is 5.75 Å². The highest BCUT2D eigenvalue weighted by molar-refractivity contribution is 7.89. The van der Waals surface area contributed by atoms with Crippen LogP contribution in [0.2, 0.25) is 0 Å². The number of nitrogens with one attached hydrogen (secondary N) is 2. The molecule has 0 saturated carbocycles. The van der Waals surface area contributed by atoms with E-state index >= 15 is 0 Å². The van der Waals surface area contributed by atoms with Crippen LogP contribution in [0.25, 0.3) is 0 Å². The van der Waals surface area contributed by atoms with Crippen LogP contribution in [-0.2, 0) is 15.9 Å². The summed E-state index contributed by atoms with van der Waals surface area (Å²) in [5.41, 5.74) is 0. The number of hydrogen-bond donors (Lipinski definition) is 2. The molecule has 92 valence electrons. The van der Waals surface area contributed by atoms with E-state index in [-0.39, 0.29) is 24.2 Å². The van der Waals surface area contributed by atoms with Crippen LogP contribution in [0, 0.1) is 0 Å². The Bertz CT molecular complexity index is 419. The van der Waals surface area contributed by atoms with Crippen molar-refractivity contribution in [3.63, 3.8) is 0 Å². The fourth-order valence-corrected chi connectivity index (χ4v) is 2.03. The lowest BCUT2D eigenvalue weighted by atomic mass is 10.7. The van der Waals surface area contributed by atoms with E-state index in [4.69, 9.17) is 16.0 Å². The molecule has 1 aromatic heterocycles. The molecule has 0 atom stereocenters. The first-order chi connectivity index (χ1) is 7.57. The van der Waals surface area contributed by atoms with Crippen molar-refractivity contribution in [2.75, 3.05) is 24.2 Å². The third-order valence-electron chi connectivity index (χ3n) is 1.59. The summed E-state index contributed by atoms with van der Waals surface area (Å²) in [5, 5.41) is 9.93. The highest BCUT2D eigenvalue weighted by atomic mass is 35.5. The Morgan fingerprint density at radius 1 is 1.44 bits per heavy atom. The van der Waals surface area contributed by atoms with Crippen LogP contribution in [0.15, 0.2) is 4.42 Å². The molecule has 7 nitrogen and oxygen atoms in total. The molecule has 0 unspecified atom stereocenters. The Kier molecular flexibility index (Phi) is 4.97. The van der Waals surface area contributed by atoms with Crippen molar-refractivity contribution in [1.29, 1.82) is 0 Å². The predicted molar refractivity (Wildman–Crippen MR) is 59.8 cm³/mol. The first-order valence-electron chi connectivity index (χ1n) is 4.67. The SMILES string of the molecule is CCNS(=O)(=O)CCNc1nnc(CCl)o1. The Labute approximate surface area is 98.6 Å². The summed E-state index contributed by atoms with van der Waals surface area (Å²) in [6, 6.07) is 0.169. The monoisotopic (exact) mass is 268 g/mol. The normalized spacial score (nSPS) is 11.6. The van der Waals surface area contributed by atoms with E-state index in [2.05, 4.69) is 20.2 Å².